The van der Waals surface area contributed by atoms with Gasteiger partial charge in [0.25, 0.3) is 5.91 Å². The van der Waals surface area contributed by atoms with Crippen molar-refractivity contribution in [1.29, 1.82) is 0 Å². The minimum absolute atomic E-state index is 0.0215. The van der Waals surface area contributed by atoms with Crippen LogP contribution in [0.3, 0.4) is 0 Å². The van der Waals surface area contributed by atoms with Crippen LogP contribution in [0.15, 0.2) is 18.2 Å². The van der Waals surface area contributed by atoms with Crippen molar-refractivity contribution in [2.75, 3.05) is 59.9 Å². The number of fused-ring (bicyclic) bond motifs is 2. The van der Waals surface area contributed by atoms with Crippen molar-refractivity contribution in [3.05, 3.63) is 23.8 Å². The lowest BCUT2D eigenvalue weighted by atomic mass is 9.94. The second-order valence-corrected chi connectivity index (χ2v) is 9.07. The van der Waals surface area contributed by atoms with E-state index in [0.29, 0.717) is 42.8 Å². The predicted octanol–water partition coefficient (Wildman–Crippen LogP) is 1.11. The van der Waals surface area contributed by atoms with Crippen molar-refractivity contribution >= 4 is 23.4 Å². The standard InChI is InChI=1S/C24H36N4O6/c1-27(2)11-5-10-25-22(29)13-17-7-8-19-21(34-17)14-33-20-9-6-16(26-23(30)15-32-4)12-18(20)24(31)28(19)3/h6,9,12,17,19,21H,5,7-8,10-11,13-15H2,1-4H3,(H,25,29)(H,26,30)/t17-,19+,21+/m0/s1. The van der Waals surface area contributed by atoms with Gasteiger partial charge in [-0.1, -0.05) is 0 Å². The number of carbonyl (C=O) groups is 3. The lowest BCUT2D eigenvalue weighted by molar-refractivity contribution is -0.134. The molecular weight excluding hydrogens is 440 g/mol. The molecule has 10 heteroatoms. The summed E-state index contributed by atoms with van der Waals surface area (Å²) in [5.74, 6) is -0.0899. The maximum absolute atomic E-state index is 13.2. The minimum atomic E-state index is -0.330. The quantitative estimate of drug-likeness (QED) is 0.514. The van der Waals surface area contributed by atoms with E-state index in [4.69, 9.17) is 14.2 Å². The summed E-state index contributed by atoms with van der Waals surface area (Å²) in [5, 5.41) is 5.67. The molecule has 0 radical (unpaired) electrons. The molecule has 0 bridgehead atoms. The van der Waals surface area contributed by atoms with Crippen LogP contribution in [0, 0.1) is 0 Å². The summed E-state index contributed by atoms with van der Waals surface area (Å²) in [6.45, 7) is 1.76. The molecule has 34 heavy (non-hydrogen) atoms. The third-order valence-electron chi connectivity index (χ3n) is 6.09. The van der Waals surface area contributed by atoms with Crippen molar-refractivity contribution in [2.24, 2.45) is 0 Å². The molecule has 3 amide bonds. The van der Waals surface area contributed by atoms with Crippen LogP contribution in [0.1, 0.15) is 36.0 Å². The second-order valence-electron chi connectivity index (χ2n) is 9.07. The van der Waals surface area contributed by atoms with Gasteiger partial charge in [0.2, 0.25) is 11.8 Å². The second kappa shape index (κ2) is 12.1. The first-order valence-corrected chi connectivity index (χ1v) is 11.7. The lowest BCUT2D eigenvalue weighted by Gasteiger charge is -2.42. The van der Waals surface area contributed by atoms with Crippen LogP contribution in [0.4, 0.5) is 5.69 Å². The van der Waals surface area contributed by atoms with Gasteiger partial charge in [-0.25, -0.2) is 0 Å². The number of nitrogens with one attached hydrogen (secondary N) is 2. The van der Waals surface area contributed by atoms with Crippen molar-refractivity contribution in [1.82, 2.24) is 15.1 Å². The van der Waals surface area contributed by atoms with Gasteiger partial charge < -0.3 is 34.6 Å². The maximum atomic E-state index is 13.2. The first kappa shape index (κ1) is 25.9. The average molecular weight is 477 g/mol. The van der Waals surface area contributed by atoms with Crippen LogP contribution in [0.2, 0.25) is 0 Å². The molecule has 188 valence electrons. The van der Waals surface area contributed by atoms with E-state index in [-0.39, 0.29) is 49.2 Å². The molecule has 1 aromatic rings. The zero-order chi connectivity index (χ0) is 24.7. The van der Waals surface area contributed by atoms with E-state index in [1.807, 2.05) is 14.1 Å². The van der Waals surface area contributed by atoms with E-state index >= 15 is 0 Å². The first-order chi connectivity index (χ1) is 16.3. The van der Waals surface area contributed by atoms with Gasteiger partial charge in [-0.3, -0.25) is 14.4 Å². The van der Waals surface area contributed by atoms with E-state index in [9.17, 15) is 14.4 Å². The molecule has 1 aromatic carbocycles. The van der Waals surface area contributed by atoms with Gasteiger partial charge in [0, 0.05) is 26.4 Å². The molecule has 2 aliphatic heterocycles. The van der Waals surface area contributed by atoms with Crippen LogP contribution in [-0.4, -0.2) is 100 Å². The summed E-state index contributed by atoms with van der Waals surface area (Å²) in [7, 11) is 7.21. The number of carbonyl (C=O) groups excluding carboxylic acids is 3. The predicted molar refractivity (Wildman–Crippen MR) is 127 cm³/mol. The first-order valence-electron chi connectivity index (χ1n) is 11.7. The number of hydrogen-bond donors (Lipinski definition) is 2. The van der Waals surface area contributed by atoms with Crippen LogP contribution in [-0.2, 0) is 19.1 Å². The minimum Gasteiger partial charge on any atom is -0.490 e. The number of rotatable bonds is 9. The Morgan fingerprint density at radius 3 is 2.76 bits per heavy atom. The van der Waals surface area contributed by atoms with Gasteiger partial charge >= 0.3 is 0 Å². The summed E-state index contributed by atoms with van der Waals surface area (Å²) in [5.41, 5.74) is 0.884. The zero-order valence-corrected chi connectivity index (χ0v) is 20.5. The van der Waals surface area contributed by atoms with Gasteiger partial charge in [-0.05, 0) is 58.1 Å². The van der Waals surface area contributed by atoms with Crippen molar-refractivity contribution in [2.45, 2.75) is 43.9 Å². The smallest absolute Gasteiger partial charge is 0.257 e. The molecule has 10 nitrogen and oxygen atoms in total. The summed E-state index contributed by atoms with van der Waals surface area (Å²) < 4.78 is 17.0. The summed E-state index contributed by atoms with van der Waals surface area (Å²) in [4.78, 5) is 41.2. The van der Waals surface area contributed by atoms with Crippen LogP contribution >= 0.6 is 0 Å². The molecule has 0 spiro atoms. The summed E-state index contributed by atoms with van der Waals surface area (Å²) in [6, 6.07) is 4.82. The molecule has 0 aromatic heterocycles. The average Bonchev–Trinajstić information content (AvgIpc) is 2.79. The molecule has 1 saturated heterocycles. The van der Waals surface area contributed by atoms with Crippen LogP contribution in [0.25, 0.3) is 0 Å². The van der Waals surface area contributed by atoms with Gasteiger partial charge in [-0.15, -0.1) is 0 Å². The Morgan fingerprint density at radius 1 is 1.24 bits per heavy atom. The number of likely N-dealkylation sites (N-methyl/N-ethyl adjacent to an activating group) is 1. The van der Waals surface area contributed by atoms with Gasteiger partial charge in [0.15, 0.2) is 0 Å². The number of amides is 3. The Hall–Kier alpha value is -2.69. The molecule has 3 rings (SSSR count). The number of ether oxygens (including phenoxy) is 3. The highest BCUT2D eigenvalue weighted by Gasteiger charge is 2.39. The zero-order valence-electron chi connectivity index (χ0n) is 20.5. The lowest BCUT2D eigenvalue weighted by Crippen LogP contribution is -2.54. The van der Waals surface area contributed by atoms with Crippen LogP contribution < -0.4 is 15.4 Å². The molecule has 0 aliphatic carbocycles. The number of nitrogens with zero attached hydrogens (tertiary/aromatic N) is 2. The summed E-state index contributed by atoms with van der Waals surface area (Å²) in [6.07, 6.45) is 2.05. The van der Waals surface area contributed by atoms with E-state index in [1.54, 1.807) is 30.1 Å². The van der Waals surface area contributed by atoms with E-state index < -0.39 is 0 Å². The third kappa shape index (κ3) is 6.91. The molecule has 2 N–H and O–H groups in total. The molecule has 0 saturated carbocycles. The Balaban J connectivity index is 1.61. The number of anilines is 1. The van der Waals surface area contributed by atoms with Gasteiger partial charge in [-0.2, -0.15) is 0 Å². The fourth-order valence-electron chi connectivity index (χ4n) is 4.34. The van der Waals surface area contributed by atoms with Crippen LogP contribution in [0.5, 0.6) is 5.75 Å². The largest absolute Gasteiger partial charge is 0.490 e. The highest BCUT2D eigenvalue weighted by Crippen LogP contribution is 2.32. The van der Waals surface area contributed by atoms with Gasteiger partial charge in [0.1, 0.15) is 25.1 Å². The highest BCUT2D eigenvalue weighted by molar-refractivity contribution is 6.00. The monoisotopic (exact) mass is 476 g/mol. The Labute approximate surface area is 200 Å². The third-order valence-corrected chi connectivity index (χ3v) is 6.09. The van der Waals surface area contributed by atoms with E-state index in [1.165, 1.54) is 7.11 Å². The fourth-order valence-corrected chi connectivity index (χ4v) is 4.34. The summed E-state index contributed by atoms with van der Waals surface area (Å²) >= 11 is 0. The molecule has 1 fully saturated rings. The van der Waals surface area contributed by atoms with Crippen molar-refractivity contribution in [3.8, 4) is 5.75 Å². The molecule has 2 aliphatic rings. The Morgan fingerprint density at radius 2 is 2.03 bits per heavy atom. The Kier molecular flexibility index (Phi) is 9.26. The number of benzene rings is 1. The Bertz CT molecular complexity index is 877. The molecular formula is C24H36N4O6. The van der Waals surface area contributed by atoms with E-state index in [0.717, 1.165) is 13.0 Å². The molecule has 0 unspecified atom stereocenters. The highest BCUT2D eigenvalue weighted by atomic mass is 16.5. The van der Waals surface area contributed by atoms with E-state index in [2.05, 4.69) is 15.5 Å². The van der Waals surface area contributed by atoms with Crippen molar-refractivity contribution < 1.29 is 28.6 Å². The maximum Gasteiger partial charge on any atom is 0.257 e. The normalized spacial score (nSPS) is 22.2. The molecule has 3 atom stereocenters. The van der Waals surface area contributed by atoms with Crippen molar-refractivity contribution in [3.63, 3.8) is 0 Å². The molecule has 2 heterocycles. The topological polar surface area (TPSA) is 109 Å². The number of hydrogen-bond acceptors (Lipinski definition) is 7. The van der Waals surface area contributed by atoms with Gasteiger partial charge in [0.05, 0.1) is 24.1 Å². The number of methoxy groups -OCH3 is 1. The SMILES string of the molecule is COCC(=O)Nc1ccc2c(c1)C(=O)N(C)[C@@H]1CC[C@@H](CC(=O)NCCCN(C)C)O[C@@H]1CO2. The fraction of sp³-hybridized carbons (Fsp3) is 0.625.